The van der Waals surface area contributed by atoms with E-state index in [2.05, 4.69) is 5.10 Å². The van der Waals surface area contributed by atoms with Gasteiger partial charge in [0, 0.05) is 12.8 Å². The van der Waals surface area contributed by atoms with Gasteiger partial charge in [0.2, 0.25) is 5.91 Å². The lowest BCUT2D eigenvalue weighted by Crippen LogP contribution is -2.27. The van der Waals surface area contributed by atoms with E-state index in [1.807, 2.05) is 12.1 Å². The molecule has 7 heteroatoms. The first-order chi connectivity index (χ1) is 13.0. The topological polar surface area (TPSA) is 79.2 Å². The fraction of sp³-hybridized carbons (Fsp3) is 0.250. The molecule has 0 bridgehead atoms. The van der Waals surface area contributed by atoms with Gasteiger partial charge >= 0.3 is 5.97 Å². The number of benzene rings is 2. The van der Waals surface area contributed by atoms with Gasteiger partial charge in [0.15, 0.2) is 0 Å². The number of rotatable bonds is 6. The second-order valence-corrected chi connectivity index (χ2v) is 6.18. The zero-order valence-electron chi connectivity index (χ0n) is 14.8. The smallest absolute Gasteiger partial charge is 0.303 e. The van der Waals surface area contributed by atoms with Crippen LogP contribution in [0.3, 0.4) is 0 Å². The van der Waals surface area contributed by atoms with Gasteiger partial charge in [0.25, 0.3) is 0 Å². The van der Waals surface area contributed by atoms with Crippen LogP contribution in [-0.2, 0) is 9.59 Å². The highest BCUT2D eigenvalue weighted by atomic mass is 19.1. The Kier molecular flexibility index (Phi) is 5.49. The Balaban J connectivity index is 1.88. The largest absolute Gasteiger partial charge is 0.497 e. The second-order valence-electron chi connectivity index (χ2n) is 6.18. The molecule has 0 saturated carbocycles. The lowest BCUT2D eigenvalue weighted by Gasteiger charge is -2.21. The molecule has 0 saturated heterocycles. The molecule has 0 aliphatic carbocycles. The maximum Gasteiger partial charge on any atom is 0.303 e. The van der Waals surface area contributed by atoms with E-state index < -0.39 is 12.0 Å². The molecule has 0 fully saturated rings. The minimum Gasteiger partial charge on any atom is -0.497 e. The molecule has 2 aromatic carbocycles. The molecule has 27 heavy (non-hydrogen) atoms. The van der Waals surface area contributed by atoms with E-state index in [0.717, 1.165) is 11.1 Å². The van der Waals surface area contributed by atoms with Crippen molar-refractivity contribution >= 4 is 17.6 Å². The SMILES string of the molecule is COc1ccc(C2=NN(C(=O)CCC(=O)O)[C@H](c3ccc(F)cc3)C2)cc1. The highest BCUT2D eigenvalue weighted by molar-refractivity contribution is 6.03. The van der Waals surface area contributed by atoms with Crippen LogP contribution in [0.5, 0.6) is 5.75 Å². The van der Waals surface area contributed by atoms with Gasteiger partial charge in [-0.25, -0.2) is 9.40 Å². The van der Waals surface area contributed by atoms with Crippen LogP contribution in [0.15, 0.2) is 53.6 Å². The van der Waals surface area contributed by atoms with Crippen molar-refractivity contribution in [3.63, 3.8) is 0 Å². The Labute approximate surface area is 155 Å². The molecular weight excluding hydrogens is 351 g/mol. The number of carboxylic acid groups (broad SMARTS) is 1. The first-order valence-corrected chi connectivity index (χ1v) is 8.49. The van der Waals surface area contributed by atoms with Gasteiger partial charge in [-0.3, -0.25) is 9.59 Å². The van der Waals surface area contributed by atoms with Crippen LogP contribution in [0.1, 0.15) is 36.4 Å². The normalized spacial score (nSPS) is 16.1. The Bertz CT molecular complexity index is 863. The number of hydrogen-bond donors (Lipinski definition) is 1. The average molecular weight is 370 g/mol. The summed E-state index contributed by atoms with van der Waals surface area (Å²) in [6, 6.07) is 12.8. The van der Waals surface area contributed by atoms with Gasteiger partial charge < -0.3 is 9.84 Å². The van der Waals surface area contributed by atoms with E-state index in [4.69, 9.17) is 9.84 Å². The first-order valence-electron chi connectivity index (χ1n) is 8.49. The number of aliphatic carboxylic acids is 1. The summed E-state index contributed by atoms with van der Waals surface area (Å²) in [5, 5.41) is 14.6. The predicted octanol–water partition coefficient (Wildman–Crippen LogP) is 3.38. The van der Waals surface area contributed by atoms with Crippen molar-refractivity contribution in [1.82, 2.24) is 5.01 Å². The van der Waals surface area contributed by atoms with E-state index in [1.54, 1.807) is 31.4 Å². The van der Waals surface area contributed by atoms with Crippen molar-refractivity contribution in [3.8, 4) is 5.75 Å². The zero-order chi connectivity index (χ0) is 19.4. The monoisotopic (exact) mass is 370 g/mol. The highest BCUT2D eigenvalue weighted by Gasteiger charge is 2.33. The van der Waals surface area contributed by atoms with Crippen LogP contribution in [-0.4, -0.2) is 34.8 Å². The maximum absolute atomic E-state index is 13.3. The van der Waals surface area contributed by atoms with E-state index in [-0.39, 0.29) is 24.6 Å². The van der Waals surface area contributed by atoms with Gasteiger partial charge in [0.1, 0.15) is 11.6 Å². The number of nitrogens with zero attached hydrogens (tertiary/aromatic N) is 2. The third-order valence-corrected chi connectivity index (χ3v) is 4.40. The fourth-order valence-corrected chi connectivity index (χ4v) is 2.97. The molecule has 6 nitrogen and oxygen atoms in total. The third kappa shape index (κ3) is 4.31. The quantitative estimate of drug-likeness (QED) is 0.845. The molecule has 0 aromatic heterocycles. The van der Waals surface area contributed by atoms with Crippen molar-refractivity contribution < 1.29 is 23.8 Å². The fourth-order valence-electron chi connectivity index (χ4n) is 2.97. The van der Waals surface area contributed by atoms with Crippen molar-refractivity contribution in [2.24, 2.45) is 5.10 Å². The lowest BCUT2D eigenvalue weighted by atomic mass is 9.98. The number of carbonyl (C=O) groups is 2. The Hall–Kier alpha value is -3.22. The summed E-state index contributed by atoms with van der Waals surface area (Å²) in [6.45, 7) is 0. The molecule has 3 rings (SSSR count). The summed E-state index contributed by atoms with van der Waals surface area (Å²) in [5.41, 5.74) is 2.29. The van der Waals surface area contributed by atoms with Crippen LogP contribution < -0.4 is 4.74 Å². The van der Waals surface area contributed by atoms with Crippen LogP contribution >= 0.6 is 0 Å². The van der Waals surface area contributed by atoms with Crippen LogP contribution in [0.2, 0.25) is 0 Å². The average Bonchev–Trinajstić information content (AvgIpc) is 3.12. The molecule has 2 aromatic rings. The van der Waals surface area contributed by atoms with Crippen LogP contribution in [0.25, 0.3) is 0 Å². The summed E-state index contributed by atoms with van der Waals surface area (Å²) in [4.78, 5) is 23.3. The Morgan fingerprint density at radius 3 is 2.41 bits per heavy atom. The van der Waals surface area contributed by atoms with E-state index in [1.165, 1.54) is 17.1 Å². The van der Waals surface area contributed by atoms with Gasteiger partial charge in [-0.05, 0) is 47.5 Å². The first kappa shape index (κ1) is 18.6. The van der Waals surface area contributed by atoms with Crippen LogP contribution in [0.4, 0.5) is 4.39 Å². The molecule has 1 heterocycles. The standard InChI is InChI=1S/C20H19FN2O4/c1-27-16-8-4-13(5-9-16)17-12-18(14-2-6-15(21)7-3-14)23(22-17)19(24)10-11-20(25)26/h2-9,18H,10-12H2,1H3,(H,25,26)/t18-/m0/s1. The van der Waals surface area contributed by atoms with Crippen molar-refractivity contribution in [1.29, 1.82) is 0 Å². The van der Waals surface area contributed by atoms with Gasteiger partial charge in [-0.1, -0.05) is 12.1 Å². The minimum absolute atomic E-state index is 0.146. The van der Waals surface area contributed by atoms with E-state index in [9.17, 15) is 14.0 Å². The summed E-state index contributed by atoms with van der Waals surface area (Å²) in [7, 11) is 1.58. The number of amides is 1. The molecule has 1 N–H and O–H groups in total. The predicted molar refractivity (Wildman–Crippen MR) is 97.0 cm³/mol. The summed E-state index contributed by atoms with van der Waals surface area (Å²) in [6.07, 6.45) is 0.0437. The third-order valence-electron chi connectivity index (χ3n) is 4.40. The number of ether oxygens (including phenoxy) is 1. The Morgan fingerprint density at radius 1 is 1.15 bits per heavy atom. The number of methoxy groups -OCH3 is 1. The number of halogens is 1. The zero-order valence-corrected chi connectivity index (χ0v) is 14.8. The Morgan fingerprint density at radius 2 is 1.81 bits per heavy atom. The summed E-state index contributed by atoms with van der Waals surface area (Å²) < 4.78 is 18.4. The molecular formula is C20H19FN2O4. The summed E-state index contributed by atoms with van der Waals surface area (Å²) >= 11 is 0. The molecule has 0 radical (unpaired) electrons. The van der Waals surface area contributed by atoms with Crippen molar-refractivity contribution in [2.45, 2.75) is 25.3 Å². The molecule has 1 atom stereocenters. The molecule has 1 aliphatic rings. The lowest BCUT2D eigenvalue weighted by molar-refractivity contribution is -0.141. The maximum atomic E-state index is 13.3. The van der Waals surface area contributed by atoms with Gasteiger partial charge in [0.05, 0.1) is 25.3 Å². The summed E-state index contributed by atoms with van der Waals surface area (Å²) in [5.74, 6) is -1.07. The van der Waals surface area contributed by atoms with Crippen molar-refractivity contribution in [3.05, 3.63) is 65.5 Å². The van der Waals surface area contributed by atoms with Gasteiger partial charge in [-0.15, -0.1) is 0 Å². The van der Waals surface area contributed by atoms with Gasteiger partial charge in [-0.2, -0.15) is 5.10 Å². The number of hydrogen-bond acceptors (Lipinski definition) is 4. The van der Waals surface area contributed by atoms with Crippen molar-refractivity contribution in [2.75, 3.05) is 7.11 Å². The van der Waals surface area contributed by atoms with E-state index in [0.29, 0.717) is 17.9 Å². The molecule has 0 unspecified atom stereocenters. The number of hydrazone groups is 1. The molecule has 1 aliphatic heterocycles. The number of carboxylic acids is 1. The highest BCUT2D eigenvalue weighted by Crippen LogP contribution is 2.33. The van der Waals surface area contributed by atoms with E-state index >= 15 is 0 Å². The second kappa shape index (κ2) is 7.99. The molecule has 1 amide bonds. The number of carbonyl (C=O) groups excluding carboxylic acids is 1. The molecule has 0 spiro atoms. The van der Waals surface area contributed by atoms with Crippen LogP contribution in [0, 0.1) is 5.82 Å². The molecule has 140 valence electrons. The minimum atomic E-state index is -1.04.